The highest BCUT2D eigenvalue weighted by Crippen LogP contribution is 2.34. The molecule has 0 saturated heterocycles. The lowest BCUT2D eigenvalue weighted by Gasteiger charge is -2.33. The minimum absolute atomic E-state index is 0.170. The van der Waals surface area contributed by atoms with Gasteiger partial charge >= 0.3 is 0 Å². The van der Waals surface area contributed by atoms with E-state index in [1.807, 2.05) is 31.2 Å². The molecular formula is C26H31N3O3. The van der Waals surface area contributed by atoms with E-state index >= 15 is 0 Å². The van der Waals surface area contributed by atoms with Crippen molar-refractivity contribution in [3.63, 3.8) is 0 Å². The zero-order valence-electron chi connectivity index (χ0n) is 18.9. The van der Waals surface area contributed by atoms with Crippen LogP contribution in [0.2, 0.25) is 0 Å². The van der Waals surface area contributed by atoms with E-state index in [1.54, 1.807) is 12.4 Å². The predicted molar refractivity (Wildman–Crippen MR) is 124 cm³/mol. The van der Waals surface area contributed by atoms with E-state index in [-0.39, 0.29) is 17.6 Å². The Morgan fingerprint density at radius 2 is 1.47 bits per heavy atom. The Bertz CT molecular complexity index is 1010. The Hall–Kier alpha value is -2.96. The lowest BCUT2D eigenvalue weighted by molar-refractivity contribution is 0.101. The van der Waals surface area contributed by atoms with E-state index in [1.165, 1.54) is 11.1 Å². The van der Waals surface area contributed by atoms with E-state index in [9.17, 15) is 5.11 Å². The van der Waals surface area contributed by atoms with Gasteiger partial charge < -0.3 is 20.3 Å². The minimum atomic E-state index is -0.650. The molecule has 0 amide bonds. The number of benzene rings is 2. The molecule has 6 nitrogen and oxygen atoms in total. The molecule has 1 aliphatic rings. The topological polar surface area (TPSA) is 90.5 Å². The summed E-state index contributed by atoms with van der Waals surface area (Å²) in [5.74, 6) is 2.54. The Labute approximate surface area is 189 Å². The Morgan fingerprint density at radius 3 is 1.97 bits per heavy atom. The summed E-state index contributed by atoms with van der Waals surface area (Å²) in [5, 5.41) is 9.81. The molecule has 32 heavy (non-hydrogen) atoms. The average Bonchev–Trinajstić information content (AvgIpc) is 2.79. The fourth-order valence-corrected chi connectivity index (χ4v) is 3.82. The molecule has 6 heteroatoms. The third-order valence-electron chi connectivity index (χ3n) is 6.15. The summed E-state index contributed by atoms with van der Waals surface area (Å²) < 4.78 is 11.8. The fourth-order valence-electron chi connectivity index (χ4n) is 3.82. The van der Waals surface area contributed by atoms with Crippen molar-refractivity contribution < 1.29 is 14.6 Å². The molecule has 1 aromatic heterocycles. The van der Waals surface area contributed by atoms with Gasteiger partial charge in [-0.1, -0.05) is 45.0 Å². The first-order valence-electron chi connectivity index (χ1n) is 11.2. The molecule has 1 unspecified atom stereocenters. The third-order valence-corrected chi connectivity index (χ3v) is 6.15. The zero-order valence-corrected chi connectivity index (χ0v) is 18.9. The van der Waals surface area contributed by atoms with Crippen LogP contribution in [0.4, 0.5) is 0 Å². The maximum Gasteiger partial charge on any atom is 0.164 e. The first-order chi connectivity index (χ1) is 15.3. The van der Waals surface area contributed by atoms with Gasteiger partial charge in [-0.25, -0.2) is 9.97 Å². The lowest BCUT2D eigenvalue weighted by Crippen LogP contribution is -2.43. The molecule has 1 aliphatic carbocycles. The van der Waals surface area contributed by atoms with Crippen molar-refractivity contribution in [3.05, 3.63) is 77.9 Å². The maximum atomic E-state index is 9.81. The van der Waals surface area contributed by atoms with Gasteiger partial charge in [0, 0.05) is 11.5 Å². The molecule has 0 radical (unpaired) electrons. The van der Waals surface area contributed by atoms with Gasteiger partial charge in [0.25, 0.3) is 0 Å². The van der Waals surface area contributed by atoms with Crippen molar-refractivity contribution in [2.24, 2.45) is 5.73 Å². The molecule has 0 bridgehead atoms. The van der Waals surface area contributed by atoms with Crippen LogP contribution in [0, 0.1) is 0 Å². The van der Waals surface area contributed by atoms with Crippen molar-refractivity contribution in [1.29, 1.82) is 0 Å². The maximum absolute atomic E-state index is 9.81. The van der Waals surface area contributed by atoms with Crippen molar-refractivity contribution in [2.45, 2.75) is 63.7 Å². The van der Waals surface area contributed by atoms with Crippen LogP contribution in [0.15, 0.2) is 60.9 Å². The molecule has 168 valence electrons. The number of aromatic nitrogens is 2. The number of nitrogens with zero attached hydrogens (tertiary/aromatic N) is 2. The third kappa shape index (κ3) is 4.92. The van der Waals surface area contributed by atoms with Gasteiger partial charge in [0.2, 0.25) is 0 Å². The normalized spacial score (nSPS) is 19.2. The number of ether oxygens (including phenoxy) is 2. The monoisotopic (exact) mass is 433 g/mol. The van der Waals surface area contributed by atoms with Gasteiger partial charge in [0.05, 0.1) is 12.4 Å². The Kier molecular flexibility index (Phi) is 6.44. The summed E-state index contributed by atoms with van der Waals surface area (Å²) in [6.45, 7) is 6.29. The molecule has 2 aromatic carbocycles. The fraction of sp³-hybridized carbons (Fsp3) is 0.385. The Balaban J connectivity index is 1.41. The number of hydrogen-bond acceptors (Lipinski definition) is 6. The quantitative estimate of drug-likeness (QED) is 0.525. The molecule has 1 heterocycles. The first kappa shape index (κ1) is 22.2. The van der Waals surface area contributed by atoms with Gasteiger partial charge in [-0.05, 0) is 54.7 Å². The SMILES string of the molecule is CCC(O)c1ncc(Oc2ccc(C(C)(C)c3ccc(O[C@H]4C[C@H](N)C4)cc3)cc2)cn1. The summed E-state index contributed by atoms with van der Waals surface area (Å²) in [6.07, 6.45) is 5.19. The van der Waals surface area contributed by atoms with Gasteiger partial charge in [-0.2, -0.15) is 0 Å². The second kappa shape index (κ2) is 9.27. The molecule has 1 fully saturated rings. The van der Waals surface area contributed by atoms with Crippen molar-refractivity contribution in [1.82, 2.24) is 9.97 Å². The number of aliphatic hydroxyl groups excluding tert-OH is 1. The zero-order chi connectivity index (χ0) is 22.7. The van der Waals surface area contributed by atoms with E-state index in [0.29, 0.717) is 23.7 Å². The molecule has 1 saturated carbocycles. The summed E-state index contributed by atoms with van der Waals surface area (Å²) in [6, 6.07) is 16.7. The molecular weight excluding hydrogens is 402 g/mol. The molecule has 1 atom stereocenters. The van der Waals surface area contributed by atoms with Crippen LogP contribution < -0.4 is 15.2 Å². The summed E-state index contributed by atoms with van der Waals surface area (Å²) in [4.78, 5) is 8.35. The number of nitrogens with two attached hydrogens (primary N) is 1. The van der Waals surface area contributed by atoms with Crippen molar-refractivity contribution in [3.8, 4) is 17.2 Å². The van der Waals surface area contributed by atoms with Crippen LogP contribution in [-0.4, -0.2) is 27.2 Å². The highest BCUT2D eigenvalue weighted by atomic mass is 16.5. The van der Waals surface area contributed by atoms with Gasteiger partial charge in [-0.15, -0.1) is 0 Å². The van der Waals surface area contributed by atoms with Crippen molar-refractivity contribution in [2.75, 3.05) is 0 Å². The molecule has 0 spiro atoms. The van der Waals surface area contributed by atoms with Crippen LogP contribution in [0.25, 0.3) is 0 Å². The highest BCUT2D eigenvalue weighted by Gasteiger charge is 2.28. The van der Waals surface area contributed by atoms with Crippen molar-refractivity contribution >= 4 is 0 Å². The molecule has 3 N–H and O–H groups in total. The van der Waals surface area contributed by atoms with E-state index < -0.39 is 6.10 Å². The summed E-state index contributed by atoms with van der Waals surface area (Å²) in [7, 11) is 0. The highest BCUT2D eigenvalue weighted by molar-refractivity contribution is 5.42. The van der Waals surface area contributed by atoms with Gasteiger partial charge in [0.15, 0.2) is 11.6 Å². The lowest BCUT2D eigenvalue weighted by atomic mass is 9.78. The second-order valence-electron chi connectivity index (χ2n) is 8.95. The number of hydrogen-bond donors (Lipinski definition) is 2. The van der Waals surface area contributed by atoms with Crippen LogP contribution >= 0.6 is 0 Å². The largest absolute Gasteiger partial charge is 0.490 e. The molecule has 4 rings (SSSR count). The Morgan fingerprint density at radius 1 is 0.938 bits per heavy atom. The average molecular weight is 434 g/mol. The van der Waals surface area contributed by atoms with Gasteiger partial charge in [-0.3, -0.25) is 0 Å². The van der Waals surface area contributed by atoms with Crippen LogP contribution in [-0.2, 0) is 5.41 Å². The van der Waals surface area contributed by atoms with Crippen LogP contribution in [0.5, 0.6) is 17.2 Å². The minimum Gasteiger partial charge on any atom is -0.490 e. The summed E-state index contributed by atoms with van der Waals surface area (Å²) in [5.41, 5.74) is 8.06. The van der Waals surface area contributed by atoms with E-state index in [0.717, 1.165) is 18.6 Å². The standard InChI is InChI=1S/C26H31N3O3/c1-4-24(30)25-28-15-23(16-29-25)32-21-11-7-18(8-12-21)26(2,3)17-5-9-20(10-6-17)31-22-13-19(27)14-22/h5-12,15-16,19,22,24,30H,4,13-14,27H2,1-3H3/t19-,22-,24?. The number of aliphatic hydroxyl groups is 1. The molecule has 0 aliphatic heterocycles. The number of rotatable bonds is 8. The van der Waals surface area contributed by atoms with E-state index in [4.69, 9.17) is 15.2 Å². The van der Waals surface area contributed by atoms with Crippen LogP contribution in [0.3, 0.4) is 0 Å². The van der Waals surface area contributed by atoms with Gasteiger partial charge in [0.1, 0.15) is 23.7 Å². The van der Waals surface area contributed by atoms with E-state index in [2.05, 4.69) is 48.1 Å². The predicted octanol–water partition coefficient (Wildman–Crippen LogP) is 4.91. The van der Waals surface area contributed by atoms with Crippen LogP contribution in [0.1, 0.15) is 63.1 Å². The summed E-state index contributed by atoms with van der Waals surface area (Å²) >= 11 is 0. The smallest absolute Gasteiger partial charge is 0.164 e. The molecule has 3 aromatic rings. The first-order valence-corrected chi connectivity index (χ1v) is 11.2. The second-order valence-corrected chi connectivity index (χ2v) is 8.95.